The highest BCUT2D eigenvalue weighted by molar-refractivity contribution is 5.80. The van der Waals surface area contributed by atoms with E-state index in [1.54, 1.807) is 4.90 Å². The zero-order valence-corrected chi connectivity index (χ0v) is 12.6. The third-order valence-electron chi connectivity index (χ3n) is 4.06. The van der Waals surface area contributed by atoms with Crippen molar-refractivity contribution in [2.24, 2.45) is 5.92 Å². The molecule has 1 atom stereocenters. The molecule has 0 bridgehead atoms. The van der Waals surface area contributed by atoms with Crippen molar-refractivity contribution in [2.45, 2.75) is 46.0 Å². The highest BCUT2D eigenvalue weighted by Gasteiger charge is 2.29. The predicted octanol–water partition coefficient (Wildman–Crippen LogP) is 1.67. The van der Waals surface area contributed by atoms with E-state index in [-0.39, 0.29) is 12.3 Å². The van der Waals surface area contributed by atoms with Crippen LogP contribution < -0.4 is 0 Å². The van der Waals surface area contributed by atoms with Gasteiger partial charge in [-0.1, -0.05) is 19.0 Å². The lowest BCUT2D eigenvalue weighted by atomic mass is 9.97. The van der Waals surface area contributed by atoms with Gasteiger partial charge in [-0.3, -0.25) is 9.59 Å². The van der Waals surface area contributed by atoms with Crippen molar-refractivity contribution in [3.8, 4) is 0 Å². The first kappa shape index (κ1) is 15.5. The molecule has 2 heterocycles. The maximum absolute atomic E-state index is 12.4. The number of carboxylic acids is 1. The number of hydrogen-bond donors (Lipinski definition) is 1. The summed E-state index contributed by atoms with van der Waals surface area (Å²) in [4.78, 5) is 25.2. The van der Waals surface area contributed by atoms with Gasteiger partial charge in [0.1, 0.15) is 5.76 Å². The van der Waals surface area contributed by atoms with Crippen molar-refractivity contribution in [1.82, 2.24) is 10.1 Å². The Morgan fingerprint density at radius 3 is 2.76 bits per heavy atom. The second-order valence-electron chi connectivity index (χ2n) is 5.43. The molecule has 1 amide bonds. The summed E-state index contributed by atoms with van der Waals surface area (Å²) in [6.45, 7) is 4.89. The molecule has 21 heavy (non-hydrogen) atoms. The average molecular weight is 294 g/mol. The van der Waals surface area contributed by atoms with E-state index in [4.69, 9.17) is 9.63 Å². The molecule has 1 aliphatic heterocycles. The highest BCUT2D eigenvalue weighted by Crippen LogP contribution is 2.21. The van der Waals surface area contributed by atoms with Gasteiger partial charge < -0.3 is 14.5 Å². The number of carbonyl (C=O) groups excluding carboxylic acids is 1. The van der Waals surface area contributed by atoms with Gasteiger partial charge in [0.2, 0.25) is 5.91 Å². The fraction of sp³-hybridized carbons (Fsp3) is 0.667. The molecule has 1 aromatic rings. The van der Waals surface area contributed by atoms with Crippen LogP contribution in [0.2, 0.25) is 0 Å². The Bertz CT molecular complexity index is 502. The lowest BCUT2D eigenvalue weighted by molar-refractivity contribution is -0.145. The average Bonchev–Trinajstić information content (AvgIpc) is 2.89. The Hall–Kier alpha value is -1.85. The zero-order valence-electron chi connectivity index (χ0n) is 12.6. The molecule has 6 heteroatoms. The van der Waals surface area contributed by atoms with E-state index in [0.717, 1.165) is 29.9 Å². The lowest BCUT2D eigenvalue weighted by Crippen LogP contribution is -2.43. The fourth-order valence-electron chi connectivity index (χ4n) is 2.81. The van der Waals surface area contributed by atoms with E-state index in [2.05, 4.69) is 5.16 Å². The quantitative estimate of drug-likeness (QED) is 0.893. The Morgan fingerprint density at radius 1 is 1.38 bits per heavy atom. The first-order chi connectivity index (χ1) is 10.1. The molecule has 0 saturated carbocycles. The van der Waals surface area contributed by atoms with Gasteiger partial charge in [0.15, 0.2) is 0 Å². The number of piperidine rings is 1. The molecule has 1 saturated heterocycles. The summed E-state index contributed by atoms with van der Waals surface area (Å²) in [5, 5.41) is 13.1. The largest absolute Gasteiger partial charge is 0.481 e. The molecular formula is C15H22N2O4. The minimum atomic E-state index is -0.819. The second-order valence-corrected chi connectivity index (χ2v) is 5.43. The van der Waals surface area contributed by atoms with Crippen LogP contribution >= 0.6 is 0 Å². The van der Waals surface area contributed by atoms with E-state index in [9.17, 15) is 9.59 Å². The van der Waals surface area contributed by atoms with Gasteiger partial charge in [0, 0.05) is 25.1 Å². The standard InChI is InChI=1S/C15H22N2O4/c1-3-12-11(13(4-2)21-16-12)8-14(18)17-7-5-6-10(9-17)15(19)20/h10H,3-9H2,1-2H3,(H,19,20)/t10-/m0/s1. The van der Waals surface area contributed by atoms with Crippen molar-refractivity contribution in [3.63, 3.8) is 0 Å². The third kappa shape index (κ3) is 3.43. The Balaban J connectivity index is 2.07. The second kappa shape index (κ2) is 6.74. The summed E-state index contributed by atoms with van der Waals surface area (Å²) in [6, 6.07) is 0. The number of aliphatic carboxylic acids is 1. The lowest BCUT2D eigenvalue weighted by Gasteiger charge is -2.30. The Morgan fingerprint density at radius 2 is 2.14 bits per heavy atom. The van der Waals surface area contributed by atoms with Crippen molar-refractivity contribution < 1.29 is 19.2 Å². The number of amides is 1. The fourth-order valence-corrected chi connectivity index (χ4v) is 2.81. The summed E-state index contributed by atoms with van der Waals surface area (Å²) in [6.07, 6.45) is 3.07. The van der Waals surface area contributed by atoms with Crippen LogP contribution in [0.4, 0.5) is 0 Å². The molecule has 0 unspecified atom stereocenters. The summed E-state index contributed by atoms with van der Waals surface area (Å²) < 4.78 is 5.27. The van der Waals surface area contributed by atoms with Crippen LogP contribution in [0.3, 0.4) is 0 Å². The first-order valence-electron chi connectivity index (χ1n) is 7.53. The molecule has 6 nitrogen and oxygen atoms in total. The van der Waals surface area contributed by atoms with Crippen LogP contribution in [0.5, 0.6) is 0 Å². The van der Waals surface area contributed by atoms with E-state index >= 15 is 0 Å². The van der Waals surface area contributed by atoms with Crippen LogP contribution in [0.1, 0.15) is 43.7 Å². The molecule has 1 aromatic heterocycles. The molecular weight excluding hydrogens is 272 g/mol. The van der Waals surface area contributed by atoms with Crippen molar-refractivity contribution >= 4 is 11.9 Å². The zero-order chi connectivity index (χ0) is 15.4. The van der Waals surface area contributed by atoms with Crippen LogP contribution in [0, 0.1) is 5.92 Å². The predicted molar refractivity (Wildman–Crippen MR) is 75.9 cm³/mol. The molecule has 0 radical (unpaired) electrons. The molecule has 1 N–H and O–H groups in total. The summed E-state index contributed by atoms with van der Waals surface area (Å²) in [5.41, 5.74) is 1.70. The monoisotopic (exact) mass is 294 g/mol. The van der Waals surface area contributed by atoms with E-state index < -0.39 is 11.9 Å². The summed E-state index contributed by atoms with van der Waals surface area (Å²) >= 11 is 0. The first-order valence-corrected chi connectivity index (χ1v) is 7.53. The number of hydrogen-bond acceptors (Lipinski definition) is 4. The topological polar surface area (TPSA) is 83.6 Å². The van der Waals surface area contributed by atoms with E-state index in [0.29, 0.717) is 25.9 Å². The molecule has 116 valence electrons. The maximum Gasteiger partial charge on any atom is 0.308 e. The molecule has 1 aliphatic rings. The van der Waals surface area contributed by atoms with Crippen molar-refractivity contribution in [2.75, 3.05) is 13.1 Å². The third-order valence-corrected chi connectivity index (χ3v) is 4.06. The molecule has 2 rings (SSSR count). The number of aryl methyl sites for hydroxylation is 2. The SMILES string of the molecule is CCc1noc(CC)c1CC(=O)N1CCC[C@H](C(=O)O)C1. The highest BCUT2D eigenvalue weighted by atomic mass is 16.5. The number of aromatic nitrogens is 1. The number of carboxylic acid groups (broad SMARTS) is 1. The van der Waals surface area contributed by atoms with E-state index in [1.165, 1.54) is 0 Å². The van der Waals surface area contributed by atoms with Gasteiger partial charge in [0.05, 0.1) is 18.0 Å². The van der Waals surface area contributed by atoms with Crippen molar-refractivity contribution in [1.29, 1.82) is 0 Å². The van der Waals surface area contributed by atoms with Gasteiger partial charge in [0.25, 0.3) is 0 Å². The van der Waals surface area contributed by atoms with Crippen LogP contribution in [-0.2, 0) is 28.9 Å². The molecule has 1 fully saturated rings. The number of nitrogens with zero attached hydrogens (tertiary/aromatic N) is 2. The molecule has 0 aliphatic carbocycles. The number of carbonyl (C=O) groups is 2. The van der Waals surface area contributed by atoms with Gasteiger partial charge in [-0.15, -0.1) is 0 Å². The van der Waals surface area contributed by atoms with Gasteiger partial charge in [-0.05, 0) is 19.3 Å². The van der Waals surface area contributed by atoms with Gasteiger partial charge in [-0.25, -0.2) is 0 Å². The summed E-state index contributed by atoms with van der Waals surface area (Å²) in [5.74, 6) is -0.539. The number of rotatable bonds is 5. The van der Waals surface area contributed by atoms with Crippen LogP contribution in [0.25, 0.3) is 0 Å². The van der Waals surface area contributed by atoms with Crippen LogP contribution in [-0.4, -0.2) is 40.1 Å². The van der Waals surface area contributed by atoms with Gasteiger partial charge in [-0.2, -0.15) is 0 Å². The summed E-state index contributed by atoms with van der Waals surface area (Å²) in [7, 11) is 0. The Labute approximate surface area is 124 Å². The number of likely N-dealkylation sites (tertiary alicyclic amines) is 1. The molecule has 0 aromatic carbocycles. The van der Waals surface area contributed by atoms with Crippen LogP contribution in [0.15, 0.2) is 4.52 Å². The Kier molecular flexibility index (Phi) is 4.98. The molecule has 0 spiro atoms. The minimum absolute atomic E-state index is 0.0337. The van der Waals surface area contributed by atoms with E-state index in [1.807, 2.05) is 13.8 Å². The maximum atomic E-state index is 12.4. The minimum Gasteiger partial charge on any atom is -0.481 e. The van der Waals surface area contributed by atoms with Crippen molar-refractivity contribution in [3.05, 3.63) is 17.0 Å². The normalized spacial score (nSPS) is 18.8. The smallest absolute Gasteiger partial charge is 0.308 e. The van der Waals surface area contributed by atoms with Gasteiger partial charge >= 0.3 is 5.97 Å².